The number of hydrogen-bond donors (Lipinski definition) is 1. The summed E-state index contributed by atoms with van der Waals surface area (Å²) in [6.45, 7) is 12.9. The highest BCUT2D eigenvalue weighted by atomic mass is 31.0. The van der Waals surface area contributed by atoms with Crippen molar-refractivity contribution in [2.75, 3.05) is 16.8 Å². The fourth-order valence-electron chi connectivity index (χ4n) is 5.72. The lowest BCUT2D eigenvalue weighted by atomic mass is 9.97. The smallest absolute Gasteiger partial charge is 0.276 e. The predicted octanol–water partition coefficient (Wildman–Crippen LogP) is 5.84. The maximum atomic E-state index is 13.6. The summed E-state index contributed by atoms with van der Waals surface area (Å²) < 4.78 is 1.79. The molecule has 44 heavy (non-hydrogen) atoms. The SMILES string of the molecule is CCc1ccc(C(C)P)c(-c2cnc(CC)c(C(=O)Nc3cnn(C(C)c4cnc(N5CC[C@@H](C)C5=O)c(C)c4)c3)n2)c1P. The number of nitrogens with one attached hydrogen (secondary N) is 1. The lowest BCUT2D eigenvalue weighted by molar-refractivity contribution is -0.119. The van der Waals surface area contributed by atoms with E-state index in [0.29, 0.717) is 41.6 Å². The van der Waals surface area contributed by atoms with Crippen molar-refractivity contribution in [1.29, 1.82) is 0 Å². The molecule has 1 aromatic carbocycles. The van der Waals surface area contributed by atoms with Gasteiger partial charge in [0.15, 0.2) is 5.69 Å². The molecular formula is C33H41N7O2P2. The molecule has 1 saturated heterocycles. The number of carbonyl (C=O) groups is 2. The number of carbonyl (C=O) groups excluding carboxylic acids is 2. The average Bonchev–Trinajstić information content (AvgIpc) is 3.61. The van der Waals surface area contributed by atoms with Crippen LogP contribution in [0.15, 0.2) is 43.0 Å². The molecule has 0 aliphatic carbocycles. The van der Waals surface area contributed by atoms with Gasteiger partial charge in [0.25, 0.3) is 5.91 Å². The maximum absolute atomic E-state index is 13.6. The minimum Gasteiger partial charge on any atom is -0.318 e. The Bertz CT molecular complexity index is 1720. The Hall–Kier alpha value is -3.54. The molecule has 1 N–H and O–H groups in total. The molecule has 0 spiro atoms. The summed E-state index contributed by atoms with van der Waals surface area (Å²) in [7, 11) is 5.72. The number of aryl methyl sites for hydroxylation is 3. The van der Waals surface area contributed by atoms with Gasteiger partial charge in [-0.1, -0.05) is 39.8 Å². The summed E-state index contributed by atoms with van der Waals surface area (Å²) in [5.74, 6) is 0.542. The van der Waals surface area contributed by atoms with E-state index in [9.17, 15) is 9.59 Å². The third-order valence-corrected chi connectivity index (χ3v) is 9.45. The van der Waals surface area contributed by atoms with Crippen LogP contribution in [0, 0.1) is 12.8 Å². The standard InChI is InChI=1S/C33H41N7O2P2/c1-7-22-9-10-25(21(6)43)28(30(22)44)27-16-34-26(8-2)29(38-27)32(41)37-24-15-36-40(17-24)20(5)23-13-19(4)31(35-14-23)39-12-11-18(3)33(39)42/h9-10,13-18,20-21H,7-8,11-12,43-44H2,1-6H3,(H,37,41)/t18-,20?,21?/m1/s1. The second-order valence-electron chi connectivity index (χ2n) is 11.6. The lowest BCUT2D eigenvalue weighted by Crippen LogP contribution is -2.28. The van der Waals surface area contributed by atoms with Gasteiger partial charge in [0.05, 0.1) is 35.5 Å². The fourth-order valence-corrected chi connectivity index (χ4v) is 6.61. The molecule has 0 saturated carbocycles. The largest absolute Gasteiger partial charge is 0.318 e. The van der Waals surface area contributed by atoms with Crippen molar-refractivity contribution in [3.8, 4) is 11.3 Å². The lowest BCUT2D eigenvalue weighted by Gasteiger charge is -2.20. The molecule has 2 amide bonds. The van der Waals surface area contributed by atoms with E-state index >= 15 is 0 Å². The van der Waals surface area contributed by atoms with Gasteiger partial charge >= 0.3 is 0 Å². The molecule has 9 nitrogen and oxygen atoms in total. The van der Waals surface area contributed by atoms with Crippen molar-refractivity contribution in [1.82, 2.24) is 24.7 Å². The summed E-state index contributed by atoms with van der Waals surface area (Å²) >= 11 is 0. The third kappa shape index (κ3) is 6.18. The molecule has 4 heterocycles. The van der Waals surface area contributed by atoms with Crippen molar-refractivity contribution in [3.63, 3.8) is 0 Å². The van der Waals surface area contributed by atoms with E-state index in [4.69, 9.17) is 4.98 Å². The molecular weight excluding hydrogens is 588 g/mol. The molecule has 1 aliphatic heterocycles. The summed E-state index contributed by atoms with van der Waals surface area (Å²) in [5, 5.41) is 8.60. The third-order valence-electron chi connectivity index (χ3n) is 8.43. The molecule has 5 atom stereocenters. The normalized spacial score (nSPS) is 16.3. The number of pyridine rings is 1. The van der Waals surface area contributed by atoms with Crippen LogP contribution in [0.2, 0.25) is 0 Å². The Morgan fingerprint density at radius 2 is 1.91 bits per heavy atom. The van der Waals surface area contributed by atoms with Crippen molar-refractivity contribution in [2.24, 2.45) is 5.92 Å². The van der Waals surface area contributed by atoms with Crippen LogP contribution in [0.4, 0.5) is 11.5 Å². The fraction of sp³-hybridized carbons (Fsp3) is 0.394. The van der Waals surface area contributed by atoms with Crippen LogP contribution in [-0.2, 0) is 17.6 Å². The highest BCUT2D eigenvalue weighted by molar-refractivity contribution is 7.28. The van der Waals surface area contributed by atoms with E-state index in [2.05, 4.69) is 70.9 Å². The van der Waals surface area contributed by atoms with Crippen LogP contribution in [0.1, 0.15) is 91.2 Å². The van der Waals surface area contributed by atoms with Gasteiger partial charge in [-0.15, -0.1) is 18.5 Å². The van der Waals surface area contributed by atoms with E-state index in [1.807, 2.05) is 27.7 Å². The van der Waals surface area contributed by atoms with Crippen LogP contribution in [0.25, 0.3) is 11.3 Å². The van der Waals surface area contributed by atoms with E-state index in [1.54, 1.807) is 34.4 Å². The monoisotopic (exact) mass is 629 g/mol. The second kappa shape index (κ2) is 13.2. The van der Waals surface area contributed by atoms with Crippen LogP contribution >= 0.6 is 18.5 Å². The Kier molecular flexibility index (Phi) is 9.57. The molecule has 0 bridgehead atoms. The van der Waals surface area contributed by atoms with Gasteiger partial charge in [0, 0.05) is 30.4 Å². The van der Waals surface area contributed by atoms with E-state index < -0.39 is 0 Å². The Morgan fingerprint density at radius 1 is 1.14 bits per heavy atom. The van der Waals surface area contributed by atoms with Crippen molar-refractivity contribution in [2.45, 2.75) is 72.5 Å². The summed E-state index contributed by atoms with van der Waals surface area (Å²) in [6, 6.07) is 6.21. The highest BCUT2D eigenvalue weighted by Gasteiger charge is 2.31. The molecule has 4 aromatic rings. The Balaban J connectivity index is 1.38. The number of anilines is 2. The minimum atomic E-state index is -0.327. The van der Waals surface area contributed by atoms with E-state index in [1.165, 1.54) is 5.56 Å². The molecule has 11 heteroatoms. The Morgan fingerprint density at radius 3 is 2.55 bits per heavy atom. The number of amides is 2. The van der Waals surface area contributed by atoms with E-state index in [-0.39, 0.29) is 29.4 Å². The van der Waals surface area contributed by atoms with Gasteiger partial charge in [-0.05, 0) is 72.4 Å². The summed E-state index contributed by atoms with van der Waals surface area (Å²) in [4.78, 5) is 42.1. The van der Waals surface area contributed by atoms with E-state index in [0.717, 1.165) is 40.4 Å². The first-order valence-corrected chi connectivity index (χ1v) is 16.4. The number of aromatic nitrogens is 5. The average molecular weight is 630 g/mol. The topological polar surface area (TPSA) is 106 Å². The van der Waals surface area contributed by atoms with Gasteiger partial charge in [0.2, 0.25) is 5.91 Å². The molecule has 1 aliphatic rings. The predicted molar refractivity (Wildman–Crippen MR) is 183 cm³/mol. The van der Waals surface area contributed by atoms with Crippen molar-refractivity contribution >= 4 is 47.1 Å². The Labute approximate surface area is 264 Å². The van der Waals surface area contributed by atoms with Crippen LogP contribution in [0.5, 0.6) is 0 Å². The van der Waals surface area contributed by atoms with Gasteiger partial charge in [-0.25, -0.2) is 9.97 Å². The van der Waals surface area contributed by atoms with Gasteiger partial charge in [0.1, 0.15) is 5.82 Å². The number of rotatable bonds is 9. The maximum Gasteiger partial charge on any atom is 0.276 e. The molecule has 0 radical (unpaired) electrons. The number of benzene rings is 1. The first-order chi connectivity index (χ1) is 21.0. The van der Waals surface area contributed by atoms with Crippen molar-refractivity contribution < 1.29 is 9.59 Å². The molecule has 1 fully saturated rings. The zero-order valence-corrected chi connectivity index (χ0v) is 28.6. The van der Waals surface area contributed by atoms with Crippen LogP contribution < -0.4 is 15.5 Å². The highest BCUT2D eigenvalue weighted by Crippen LogP contribution is 2.33. The van der Waals surface area contributed by atoms with Gasteiger partial charge in [-0.3, -0.25) is 24.2 Å². The molecule has 230 valence electrons. The zero-order chi connectivity index (χ0) is 31.7. The zero-order valence-electron chi connectivity index (χ0n) is 26.3. The second-order valence-corrected chi connectivity index (χ2v) is 13.2. The summed E-state index contributed by atoms with van der Waals surface area (Å²) in [6.07, 6.45) is 9.33. The van der Waals surface area contributed by atoms with Crippen molar-refractivity contribution in [3.05, 3.63) is 76.6 Å². The van der Waals surface area contributed by atoms with Gasteiger partial charge < -0.3 is 5.32 Å². The van der Waals surface area contributed by atoms with Gasteiger partial charge in [-0.2, -0.15) is 5.10 Å². The molecule has 5 rings (SSSR count). The van der Waals surface area contributed by atoms with Crippen LogP contribution in [0.3, 0.4) is 0 Å². The van der Waals surface area contributed by atoms with Crippen LogP contribution in [-0.4, -0.2) is 43.1 Å². The summed E-state index contributed by atoms with van der Waals surface area (Å²) in [5.41, 5.74) is 7.64. The quantitative estimate of drug-likeness (QED) is 0.233. The molecule has 4 unspecified atom stereocenters. The molecule has 3 aromatic heterocycles. The number of hydrogen-bond acceptors (Lipinski definition) is 6. The number of nitrogens with zero attached hydrogens (tertiary/aromatic N) is 6. The first kappa shape index (κ1) is 31.9. The minimum absolute atomic E-state index is 0.0290. The first-order valence-electron chi connectivity index (χ1n) is 15.2.